The summed E-state index contributed by atoms with van der Waals surface area (Å²) in [5, 5.41) is 9.92. The molecule has 2 heteroatoms. The molecule has 0 aliphatic rings. The molecule has 78 valence electrons. The third kappa shape index (κ3) is 2.48. The summed E-state index contributed by atoms with van der Waals surface area (Å²) in [5.41, 5.74) is 2.13. The maximum Gasteiger partial charge on any atom is 0.106 e. The topological polar surface area (TPSA) is 33.4 Å². The molecule has 2 rings (SSSR count). The Balaban J connectivity index is 2.08. The van der Waals surface area contributed by atoms with Gasteiger partial charge in [0.15, 0.2) is 0 Å². The van der Waals surface area contributed by atoms with E-state index < -0.39 is 6.10 Å². The van der Waals surface area contributed by atoms with Gasteiger partial charge in [0.25, 0.3) is 0 Å². The Kier molecular flexibility index (Phi) is 2.88. The summed E-state index contributed by atoms with van der Waals surface area (Å²) >= 11 is 0. The zero-order valence-electron chi connectivity index (χ0n) is 8.68. The molecule has 0 spiro atoms. The average molecular weight is 202 g/mol. The fourth-order valence-corrected chi connectivity index (χ4v) is 1.53. The minimum Gasteiger partial charge on any atom is -0.469 e. The lowest BCUT2D eigenvalue weighted by Crippen LogP contribution is -2.00. The van der Waals surface area contributed by atoms with E-state index >= 15 is 0 Å². The van der Waals surface area contributed by atoms with E-state index in [1.54, 1.807) is 6.26 Å². The fourth-order valence-electron chi connectivity index (χ4n) is 1.53. The number of aliphatic hydroxyl groups excluding tert-OH is 1. The first kappa shape index (κ1) is 9.99. The second-order valence-corrected chi connectivity index (χ2v) is 3.71. The third-order valence-electron chi connectivity index (χ3n) is 2.44. The predicted octanol–water partition coefficient (Wildman–Crippen LogP) is 2.86. The van der Waals surface area contributed by atoms with E-state index in [2.05, 4.69) is 0 Å². The maximum atomic E-state index is 9.92. The van der Waals surface area contributed by atoms with Crippen LogP contribution in [0, 0.1) is 6.92 Å². The third-order valence-corrected chi connectivity index (χ3v) is 2.44. The Bertz CT molecular complexity index is 401. The molecule has 1 N–H and O–H groups in total. The van der Waals surface area contributed by atoms with Crippen molar-refractivity contribution in [2.45, 2.75) is 19.4 Å². The van der Waals surface area contributed by atoms with Crippen molar-refractivity contribution in [1.29, 1.82) is 0 Å². The molecule has 0 bridgehead atoms. The lowest BCUT2D eigenvalue weighted by molar-refractivity contribution is 0.170. The van der Waals surface area contributed by atoms with Gasteiger partial charge in [0.1, 0.15) is 5.76 Å². The molecule has 0 saturated carbocycles. The molecule has 1 unspecified atom stereocenters. The minimum atomic E-state index is -0.489. The molecule has 1 aromatic carbocycles. The number of hydrogen-bond donors (Lipinski definition) is 1. The number of rotatable bonds is 3. The van der Waals surface area contributed by atoms with Gasteiger partial charge in [-0.1, -0.05) is 29.8 Å². The predicted molar refractivity (Wildman–Crippen MR) is 58.6 cm³/mol. The average Bonchev–Trinajstić information content (AvgIpc) is 2.71. The normalized spacial score (nSPS) is 12.7. The lowest BCUT2D eigenvalue weighted by Gasteiger charge is -2.09. The molecule has 0 aliphatic carbocycles. The number of aryl methyl sites for hydroxylation is 1. The fraction of sp³-hybridized carbons (Fsp3) is 0.231. The molecular formula is C13H14O2. The van der Waals surface area contributed by atoms with Gasteiger partial charge in [-0.3, -0.25) is 0 Å². The number of benzene rings is 1. The zero-order valence-corrected chi connectivity index (χ0v) is 8.68. The largest absolute Gasteiger partial charge is 0.469 e. The van der Waals surface area contributed by atoms with E-state index in [0.29, 0.717) is 6.42 Å². The first-order chi connectivity index (χ1) is 7.25. The molecule has 0 amide bonds. The monoisotopic (exact) mass is 202 g/mol. The SMILES string of the molecule is Cc1ccc(C(O)Cc2ccco2)cc1. The Morgan fingerprint density at radius 1 is 1.20 bits per heavy atom. The molecule has 1 aromatic heterocycles. The number of aliphatic hydroxyl groups is 1. The van der Waals surface area contributed by atoms with Gasteiger partial charge in [-0.2, -0.15) is 0 Å². The Morgan fingerprint density at radius 2 is 1.93 bits per heavy atom. The van der Waals surface area contributed by atoms with E-state index in [1.165, 1.54) is 5.56 Å². The van der Waals surface area contributed by atoms with Gasteiger partial charge in [-0.05, 0) is 24.6 Å². The van der Waals surface area contributed by atoms with Crippen LogP contribution in [-0.4, -0.2) is 5.11 Å². The number of furan rings is 1. The van der Waals surface area contributed by atoms with Crippen LogP contribution in [0.15, 0.2) is 47.1 Å². The summed E-state index contributed by atoms with van der Waals surface area (Å²) in [5.74, 6) is 0.808. The van der Waals surface area contributed by atoms with Gasteiger partial charge in [0, 0.05) is 6.42 Å². The highest BCUT2D eigenvalue weighted by Gasteiger charge is 2.09. The molecule has 0 saturated heterocycles. The summed E-state index contributed by atoms with van der Waals surface area (Å²) < 4.78 is 5.19. The second kappa shape index (κ2) is 4.32. The molecular weight excluding hydrogens is 188 g/mol. The highest BCUT2D eigenvalue weighted by Crippen LogP contribution is 2.18. The second-order valence-electron chi connectivity index (χ2n) is 3.71. The van der Waals surface area contributed by atoms with Crippen LogP contribution < -0.4 is 0 Å². The Labute approximate surface area is 89.2 Å². The van der Waals surface area contributed by atoms with E-state index in [4.69, 9.17) is 4.42 Å². The smallest absolute Gasteiger partial charge is 0.106 e. The Morgan fingerprint density at radius 3 is 2.53 bits per heavy atom. The first-order valence-corrected chi connectivity index (χ1v) is 5.03. The van der Waals surface area contributed by atoms with Crippen molar-refractivity contribution in [2.75, 3.05) is 0 Å². The summed E-state index contributed by atoms with van der Waals surface area (Å²) in [6.07, 6.45) is 1.66. The van der Waals surface area contributed by atoms with Gasteiger partial charge in [0.05, 0.1) is 12.4 Å². The van der Waals surface area contributed by atoms with Gasteiger partial charge >= 0.3 is 0 Å². The van der Waals surface area contributed by atoms with E-state index in [1.807, 2.05) is 43.3 Å². The highest BCUT2D eigenvalue weighted by molar-refractivity contribution is 5.23. The molecule has 2 aromatic rings. The number of hydrogen-bond acceptors (Lipinski definition) is 2. The quantitative estimate of drug-likeness (QED) is 0.830. The van der Waals surface area contributed by atoms with Crippen LogP contribution in [0.1, 0.15) is 23.0 Å². The van der Waals surface area contributed by atoms with Crippen molar-refractivity contribution in [3.05, 3.63) is 59.5 Å². The van der Waals surface area contributed by atoms with Crippen molar-refractivity contribution < 1.29 is 9.52 Å². The lowest BCUT2D eigenvalue weighted by atomic mass is 10.0. The summed E-state index contributed by atoms with van der Waals surface area (Å²) in [6, 6.07) is 11.6. The Hall–Kier alpha value is -1.54. The van der Waals surface area contributed by atoms with Crippen molar-refractivity contribution >= 4 is 0 Å². The van der Waals surface area contributed by atoms with Gasteiger partial charge < -0.3 is 9.52 Å². The van der Waals surface area contributed by atoms with Crippen molar-refractivity contribution in [3.8, 4) is 0 Å². The highest BCUT2D eigenvalue weighted by atomic mass is 16.3. The molecule has 15 heavy (non-hydrogen) atoms. The molecule has 1 heterocycles. The molecule has 0 radical (unpaired) electrons. The summed E-state index contributed by atoms with van der Waals surface area (Å²) in [6.45, 7) is 2.03. The van der Waals surface area contributed by atoms with Gasteiger partial charge in [-0.15, -0.1) is 0 Å². The van der Waals surface area contributed by atoms with Crippen LogP contribution in [0.25, 0.3) is 0 Å². The first-order valence-electron chi connectivity index (χ1n) is 5.03. The van der Waals surface area contributed by atoms with E-state index in [0.717, 1.165) is 11.3 Å². The van der Waals surface area contributed by atoms with Crippen LogP contribution in [0.4, 0.5) is 0 Å². The van der Waals surface area contributed by atoms with Gasteiger partial charge in [-0.25, -0.2) is 0 Å². The van der Waals surface area contributed by atoms with Crippen LogP contribution >= 0.6 is 0 Å². The van der Waals surface area contributed by atoms with E-state index in [9.17, 15) is 5.11 Å². The van der Waals surface area contributed by atoms with E-state index in [-0.39, 0.29) is 0 Å². The van der Waals surface area contributed by atoms with Crippen LogP contribution in [-0.2, 0) is 6.42 Å². The van der Waals surface area contributed by atoms with Crippen molar-refractivity contribution in [3.63, 3.8) is 0 Å². The molecule has 1 atom stereocenters. The molecule has 0 aliphatic heterocycles. The maximum absolute atomic E-state index is 9.92. The van der Waals surface area contributed by atoms with Crippen LogP contribution in [0.5, 0.6) is 0 Å². The summed E-state index contributed by atoms with van der Waals surface area (Å²) in [7, 11) is 0. The van der Waals surface area contributed by atoms with Crippen LogP contribution in [0.3, 0.4) is 0 Å². The van der Waals surface area contributed by atoms with Gasteiger partial charge in [0.2, 0.25) is 0 Å². The molecule has 0 fully saturated rings. The summed E-state index contributed by atoms with van der Waals surface area (Å²) in [4.78, 5) is 0. The van der Waals surface area contributed by atoms with Crippen molar-refractivity contribution in [2.24, 2.45) is 0 Å². The molecule has 2 nitrogen and oxygen atoms in total. The van der Waals surface area contributed by atoms with Crippen molar-refractivity contribution in [1.82, 2.24) is 0 Å². The zero-order chi connectivity index (χ0) is 10.7. The van der Waals surface area contributed by atoms with Crippen LogP contribution in [0.2, 0.25) is 0 Å². The minimum absolute atomic E-state index is 0.489. The standard InChI is InChI=1S/C13H14O2/c1-10-4-6-11(7-5-10)13(14)9-12-3-2-8-15-12/h2-8,13-14H,9H2,1H3.